The number of anilines is 2. The van der Waals surface area contributed by atoms with Crippen molar-refractivity contribution in [3.63, 3.8) is 0 Å². The molecule has 2 aromatic heterocycles. The lowest BCUT2D eigenvalue weighted by atomic mass is 9.61. The molecule has 1 spiro atoms. The van der Waals surface area contributed by atoms with Crippen LogP contribution < -0.4 is 10.2 Å². The van der Waals surface area contributed by atoms with Gasteiger partial charge in [0.2, 0.25) is 11.8 Å². The van der Waals surface area contributed by atoms with Gasteiger partial charge in [0.25, 0.3) is 0 Å². The molecule has 7 aliphatic rings. The molecule has 4 aliphatic heterocycles. The Hall–Kier alpha value is -4.19. The predicted octanol–water partition coefficient (Wildman–Crippen LogP) is 5.72. The molecule has 2 bridgehead atoms. The van der Waals surface area contributed by atoms with Gasteiger partial charge in [0.1, 0.15) is 5.52 Å². The van der Waals surface area contributed by atoms with Gasteiger partial charge in [0, 0.05) is 67.5 Å². The van der Waals surface area contributed by atoms with Gasteiger partial charge in [-0.1, -0.05) is 18.6 Å². The number of hydrogen-bond donors (Lipinski definition) is 2. The smallest absolute Gasteiger partial charge is 0.407 e. The summed E-state index contributed by atoms with van der Waals surface area (Å²) in [5, 5.41) is 13.2. The minimum absolute atomic E-state index is 0.0944. The maximum absolute atomic E-state index is 15.0. The van der Waals surface area contributed by atoms with Crippen molar-refractivity contribution < 1.29 is 19.5 Å². The average molecular weight is 721 g/mol. The first-order valence-electron chi connectivity index (χ1n) is 20.3. The monoisotopic (exact) mass is 720 g/mol. The Morgan fingerprint density at radius 2 is 1.66 bits per heavy atom. The molecule has 3 atom stereocenters. The van der Waals surface area contributed by atoms with Gasteiger partial charge >= 0.3 is 6.09 Å². The number of likely N-dealkylation sites (tertiary alicyclic amines) is 3. The third kappa shape index (κ3) is 5.36. The number of fused-ring (bicyclic) bond motifs is 5. The number of carbonyl (C=O) groups excluding carboxylic acids is 2. The molecule has 3 saturated heterocycles. The Kier molecular flexibility index (Phi) is 7.83. The molecule has 10 rings (SSSR count). The van der Waals surface area contributed by atoms with Gasteiger partial charge in [-0.15, -0.1) is 0 Å². The fourth-order valence-corrected chi connectivity index (χ4v) is 10.8. The van der Waals surface area contributed by atoms with Crippen molar-refractivity contribution in [1.29, 1.82) is 0 Å². The van der Waals surface area contributed by atoms with Crippen LogP contribution in [0.3, 0.4) is 0 Å². The highest BCUT2D eigenvalue weighted by Crippen LogP contribution is 2.53. The van der Waals surface area contributed by atoms with Crippen molar-refractivity contribution in [3.8, 4) is 11.3 Å². The van der Waals surface area contributed by atoms with Crippen molar-refractivity contribution in [2.45, 2.75) is 108 Å². The number of imidazole rings is 1. The second-order valence-corrected chi connectivity index (χ2v) is 17.5. The lowest BCUT2D eigenvalue weighted by Crippen LogP contribution is -2.62. The minimum Gasteiger partial charge on any atom is -0.465 e. The van der Waals surface area contributed by atoms with Crippen molar-refractivity contribution >= 4 is 40.4 Å². The van der Waals surface area contributed by atoms with Crippen LogP contribution in [0.4, 0.5) is 16.3 Å². The van der Waals surface area contributed by atoms with E-state index in [1.807, 2.05) is 11.2 Å². The average Bonchev–Trinajstić information content (AvgIpc) is 3.81. The molecule has 6 fully saturated rings. The molecule has 3 saturated carbocycles. The van der Waals surface area contributed by atoms with Gasteiger partial charge in [0.05, 0.1) is 23.0 Å². The number of aromatic nitrogens is 3. The molecular formula is C41H52N8O4. The van der Waals surface area contributed by atoms with E-state index in [-0.39, 0.29) is 41.7 Å². The predicted molar refractivity (Wildman–Crippen MR) is 202 cm³/mol. The fourth-order valence-electron chi connectivity index (χ4n) is 10.8. The lowest BCUT2D eigenvalue weighted by Gasteiger charge is -2.53. The van der Waals surface area contributed by atoms with E-state index in [4.69, 9.17) is 9.97 Å². The Morgan fingerprint density at radius 1 is 0.925 bits per heavy atom. The molecule has 12 nitrogen and oxygen atoms in total. The van der Waals surface area contributed by atoms with E-state index >= 15 is 0 Å². The number of hydrogen-bond acceptors (Lipinski definition) is 7. The summed E-state index contributed by atoms with van der Waals surface area (Å²) in [5.74, 6) is 1.35. The molecule has 12 heteroatoms. The van der Waals surface area contributed by atoms with Crippen LogP contribution in [-0.2, 0) is 15.0 Å². The van der Waals surface area contributed by atoms with Gasteiger partial charge in [-0.3, -0.25) is 9.59 Å². The lowest BCUT2D eigenvalue weighted by molar-refractivity contribution is -0.154. The van der Waals surface area contributed by atoms with Crippen molar-refractivity contribution in [2.75, 3.05) is 49.5 Å². The number of rotatable bonds is 7. The number of nitrogens with one attached hydrogen (secondary N) is 1. The van der Waals surface area contributed by atoms with E-state index in [9.17, 15) is 19.5 Å². The van der Waals surface area contributed by atoms with E-state index in [1.54, 1.807) is 0 Å². The summed E-state index contributed by atoms with van der Waals surface area (Å²) in [4.78, 5) is 58.7. The number of carbonyl (C=O) groups is 3. The van der Waals surface area contributed by atoms with Crippen LogP contribution in [0.15, 0.2) is 30.6 Å². The van der Waals surface area contributed by atoms with E-state index in [0.717, 1.165) is 84.6 Å². The van der Waals surface area contributed by atoms with Crippen molar-refractivity contribution in [1.82, 2.24) is 29.2 Å². The van der Waals surface area contributed by atoms with Crippen LogP contribution in [0.5, 0.6) is 0 Å². The van der Waals surface area contributed by atoms with E-state index in [1.165, 1.54) is 24.2 Å². The molecule has 3 aromatic rings. The number of amides is 3. The van der Waals surface area contributed by atoms with Gasteiger partial charge in [-0.25, -0.2) is 14.8 Å². The summed E-state index contributed by atoms with van der Waals surface area (Å²) in [6.07, 6.45) is 11.3. The quantitative estimate of drug-likeness (QED) is 0.318. The Balaban J connectivity index is 0.955. The molecule has 2 N–H and O–H groups in total. The topological polar surface area (TPSA) is 127 Å². The normalized spacial score (nSPS) is 29.4. The second kappa shape index (κ2) is 12.4. The molecule has 280 valence electrons. The van der Waals surface area contributed by atoms with Gasteiger partial charge < -0.3 is 34.6 Å². The van der Waals surface area contributed by atoms with E-state index in [0.29, 0.717) is 51.1 Å². The summed E-state index contributed by atoms with van der Waals surface area (Å²) in [7, 11) is 0. The number of piperidine rings is 4. The van der Waals surface area contributed by atoms with Crippen LogP contribution in [0.25, 0.3) is 22.3 Å². The van der Waals surface area contributed by atoms with Crippen LogP contribution in [-0.4, -0.2) is 110 Å². The zero-order valence-corrected chi connectivity index (χ0v) is 31.0. The highest BCUT2D eigenvalue weighted by atomic mass is 16.4. The Labute approximate surface area is 310 Å². The first kappa shape index (κ1) is 33.4. The molecule has 53 heavy (non-hydrogen) atoms. The molecule has 3 amide bonds. The number of pyridine rings is 1. The molecule has 6 heterocycles. The van der Waals surface area contributed by atoms with E-state index in [2.05, 4.69) is 57.8 Å². The van der Waals surface area contributed by atoms with Crippen LogP contribution in [0, 0.1) is 17.8 Å². The van der Waals surface area contributed by atoms with Crippen molar-refractivity contribution in [2.24, 2.45) is 17.8 Å². The van der Waals surface area contributed by atoms with Gasteiger partial charge in [0.15, 0.2) is 5.82 Å². The number of nitrogens with zero attached hydrogens (tertiary/aromatic N) is 7. The molecule has 3 aliphatic carbocycles. The maximum Gasteiger partial charge on any atom is 0.407 e. The van der Waals surface area contributed by atoms with Gasteiger partial charge in [-0.2, -0.15) is 0 Å². The summed E-state index contributed by atoms with van der Waals surface area (Å²) >= 11 is 0. The number of carboxylic acid groups (broad SMARTS) is 1. The van der Waals surface area contributed by atoms with Crippen LogP contribution in [0.1, 0.15) is 89.7 Å². The fraction of sp³-hybridized carbons (Fsp3) is 0.634. The minimum atomic E-state index is -0.890. The highest BCUT2D eigenvalue weighted by Gasteiger charge is 2.58. The molecule has 0 radical (unpaired) electrons. The third-order valence-corrected chi connectivity index (χ3v) is 14.1. The largest absolute Gasteiger partial charge is 0.465 e. The summed E-state index contributed by atoms with van der Waals surface area (Å²) < 4.78 is 2.19. The van der Waals surface area contributed by atoms with Crippen LogP contribution in [0.2, 0.25) is 0 Å². The standard InChI is InChI=1S/C41H52N8O4/c1-24(2)48-23-42-33-20-32(44-37(36(33)48)43-28-7-8-28)25-6-9-31-34(17-25)49(30-18-29(19-30)45-12-4-3-5-13-45)39(51)41(31)10-14-46(15-11-41)38(50)35-26-16-27(35)22-47(21-26)40(52)53/h6,9,17,20,23-24,26-30,35H,3-5,7-8,10-16,18-19,21-22H2,1-2H3,(H,43,44)(H,52,53)/t26-,27+,29?,30?,35?. The SMILES string of the molecule is CC(C)n1cnc2cc(-c3ccc4c(c3)N(C3CC(N5CCCCC5)C3)C(=O)C43CCN(C(=O)C4[C@@H]5C[C@H]4CN(C(=O)O)C5)CC3)nc(NC3CC3)c21. The molecule has 1 unspecified atom stereocenters. The van der Waals surface area contributed by atoms with E-state index < -0.39 is 11.5 Å². The van der Waals surface area contributed by atoms with Gasteiger partial charge in [-0.05, 0) is 114 Å². The summed E-state index contributed by atoms with van der Waals surface area (Å²) in [6, 6.07) is 10.0. The maximum atomic E-state index is 15.0. The zero-order chi connectivity index (χ0) is 36.2. The molecular weight excluding hydrogens is 669 g/mol. The summed E-state index contributed by atoms with van der Waals surface area (Å²) in [6.45, 7) is 8.65. The Bertz CT molecular complexity index is 1960. The van der Waals surface area contributed by atoms with Crippen LogP contribution >= 0.6 is 0 Å². The number of benzene rings is 1. The third-order valence-electron chi connectivity index (χ3n) is 14.1. The second-order valence-electron chi connectivity index (χ2n) is 17.5. The molecule has 1 aromatic carbocycles. The first-order valence-corrected chi connectivity index (χ1v) is 20.3. The van der Waals surface area contributed by atoms with Crippen molar-refractivity contribution in [3.05, 3.63) is 36.2 Å². The zero-order valence-electron chi connectivity index (χ0n) is 31.0. The Morgan fingerprint density at radius 3 is 2.34 bits per heavy atom. The summed E-state index contributed by atoms with van der Waals surface area (Å²) in [5.41, 5.74) is 5.27. The highest BCUT2D eigenvalue weighted by molar-refractivity contribution is 6.09. The first-order chi connectivity index (χ1) is 25.7.